The Hall–Kier alpha value is -2.99. The number of amides is 1. The molecule has 0 radical (unpaired) electrons. The highest BCUT2D eigenvalue weighted by Gasteiger charge is 2.42. The van der Waals surface area contributed by atoms with Gasteiger partial charge in [-0.05, 0) is 24.0 Å². The van der Waals surface area contributed by atoms with E-state index in [1.807, 2.05) is 13.8 Å². The largest absolute Gasteiger partial charge is 0.407 e. The molecule has 0 unspecified atom stereocenters. The second kappa shape index (κ2) is 9.98. The summed E-state index contributed by atoms with van der Waals surface area (Å²) >= 11 is 0. The molecule has 0 aliphatic rings. The highest BCUT2D eigenvalue weighted by Crippen LogP contribution is 2.34. The molecular formula is C20H22F3N5O. The van der Waals surface area contributed by atoms with Crippen LogP contribution in [0.1, 0.15) is 31.9 Å². The van der Waals surface area contributed by atoms with E-state index in [4.69, 9.17) is 5.26 Å². The third kappa shape index (κ3) is 6.54. The van der Waals surface area contributed by atoms with E-state index in [1.165, 1.54) is 24.3 Å². The Balaban J connectivity index is 2.28. The van der Waals surface area contributed by atoms with Crippen LogP contribution < -0.4 is 10.6 Å². The van der Waals surface area contributed by atoms with E-state index in [9.17, 15) is 18.0 Å². The zero-order chi connectivity index (χ0) is 21.4. The summed E-state index contributed by atoms with van der Waals surface area (Å²) in [5.41, 5.74) is 0.555. The molecule has 154 valence electrons. The summed E-state index contributed by atoms with van der Waals surface area (Å²) in [5.74, 6) is -0.250. The van der Waals surface area contributed by atoms with E-state index in [-0.39, 0.29) is 24.4 Å². The summed E-state index contributed by atoms with van der Waals surface area (Å²) in [7, 11) is 0. The zero-order valence-corrected chi connectivity index (χ0v) is 16.1. The van der Waals surface area contributed by atoms with Crippen molar-refractivity contribution < 1.29 is 18.0 Å². The van der Waals surface area contributed by atoms with E-state index in [1.54, 1.807) is 24.5 Å². The number of nitrogens with one attached hydrogen (secondary N) is 2. The Morgan fingerprint density at radius 2 is 1.79 bits per heavy atom. The average Bonchev–Trinajstić information content (AvgIpc) is 2.69. The lowest BCUT2D eigenvalue weighted by Gasteiger charge is -2.28. The molecular weight excluding hydrogens is 383 g/mol. The molecule has 0 saturated heterocycles. The fourth-order valence-electron chi connectivity index (χ4n) is 2.83. The maximum atomic E-state index is 13.8. The molecule has 0 bridgehead atoms. The maximum absolute atomic E-state index is 13.8. The van der Waals surface area contributed by atoms with E-state index >= 15 is 0 Å². The molecule has 6 nitrogen and oxygen atoms in total. The SMILES string of the molecule is CC(C)C[C@H](N[C@@H](c1ccc(-c2ncccn2)cc1)C(F)(F)F)C(=O)NCC#N. The van der Waals surface area contributed by atoms with Gasteiger partial charge in [-0.25, -0.2) is 9.97 Å². The van der Waals surface area contributed by atoms with Gasteiger partial charge in [0.25, 0.3) is 0 Å². The molecule has 1 aromatic carbocycles. The van der Waals surface area contributed by atoms with Crippen molar-refractivity contribution in [3.63, 3.8) is 0 Å². The van der Waals surface area contributed by atoms with Crippen molar-refractivity contribution in [3.05, 3.63) is 48.3 Å². The number of hydrogen-bond donors (Lipinski definition) is 2. The molecule has 0 saturated carbocycles. The van der Waals surface area contributed by atoms with E-state index in [0.717, 1.165) is 0 Å². The molecule has 1 amide bonds. The van der Waals surface area contributed by atoms with Crippen LogP contribution in [-0.2, 0) is 4.79 Å². The topological polar surface area (TPSA) is 90.7 Å². The van der Waals surface area contributed by atoms with Crippen LogP contribution >= 0.6 is 0 Å². The summed E-state index contributed by atoms with van der Waals surface area (Å²) in [6.45, 7) is 3.35. The minimum absolute atomic E-state index is 0.0215. The van der Waals surface area contributed by atoms with Crippen LogP contribution in [-0.4, -0.2) is 34.6 Å². The monoisotopic (exact) mass is 405 g/mol. The summed E-state index contributed by atoms with van der Waals surface area (Å²) in [6, 6.07) is 5.98. The Morgan fingerprint density at radius 1 is 1.17 bits per heavy atom. The lowest BCUT2D eigenvalue weighted by Crippen LogP contribution is -2.49. The predicted octanol–water partition coefficient (Wildman–Crippen LogP) is 3.39. The lowest BCUT2D eigenvalue weighted by molar-refractivity contribution is -0.161. The van der Waals surface area contributed by atoms with E-state index in [2.05, 4.69) is 20.6 Å². The number of benzene rings is 1. The molecule has 2 N–H and O–H groups in total. The number of carbonyl (C=O) groups excluding carboxylic acids is 1. The van der Waals surface area contributed by atoms with Gasteiger partial charge in [-0.1, -0.05) is 38.1 Å². The molecule has 0 fully saturated rings. The quantitative estimate of drug-likeness (QED) is 0.657. The zero-order valence-electron chi connectivity index (χ0n) is 16.1. The number of alkyl halides is 3. The number of rotatable bonds is 8. The average molecular weight is 405 g/mol. The fourth-order valence-corrected chi connectivity index (χ4v) is 2.83. The van der Waals surface area contributed by atoms with Crippen molar-refractivity contribution in [2.75, 3.05) is 6.54 Å². The Morgan fingerprint density at radius 3 is 2.31 bits per heavy atom. The molecule has 0 spiro atoms. The first-order valence-corrected chi connectivity index (χ1v) is 9.07. The van der Waals surface area contributed by atoms with Gasteiger partial charge in [0.1, 0.15) is 12.6 Å². The third-order valence-electron chi connectivity index (χ3n) is 4.13. The van der Waals surface area contributed by atoms with Crippen LogP contribution in [0.2, 0.25) is 0 Å². The smallest absolute Gasteiger partial charge is 0.342 e. The third-order valence-corrected chi connectivity index (χ3v) is 4.13. The highest BCUT2D eigenvalue weighted by atomic mass is 19.4. The summed E-state index contributed by atoms with van der Waals surface area (Å²) < 4.78 is 41.3. The molecule has 2 rings (SSSR count). The normalized spacial score (nSPS) is 13.6. The summed E-state index contributed by atoms with van der Waals surface area (Å²) in [5, 5.41) is 13.4. The second-order valence-electron chi connectivity index (χ2n) is 6.89. The summed E-state index contributed by atoms with van der Waals surface area (Å²) in [6.07, 6.45) is -1.32. The lowest BCUT2D eigenvalue weighted by atomic mass is 9.99. The minimum Gasteiger partial charge on any atom is -0.342 e. The van der Waals surface area contributed by atoms with Crippen LogP contribution in [0.3, 0.4) is 0 Å². The van der Waals surface area contributed by atoms with Crippen LogP contribution in [0.15, 0.2) is 42.7 Å². The Kier molecular flexibility index (Phi) is 7.67. The minimum atomic E-state index is -4.62. The van der Waals surface area contributed by atoms with Crippen molar-refractivity contribution in [1.29, 1.82) is 5.26 Å². The number of halogens is 3. The molecule has 29 heavy (non-hydrogen) atoms. The van der Waals surface area contributed by atoms with Crippen molar-refractivity contribution in [1.82, 2.24) is 20.6 Å². The van der Waals surface area contributed by atoms with Crippen LogP contribution in [0.4, 0.5) is 13.2 Å². The second-order valence-corrected chi connectivity index (χ2v) is 6.89. The van der Waals surface area contributed by atoms with Crippen molar-refractivity contribution >= 4 is 5.91 Å². The van der Waals surface area contributed by atoms with Gasteiger partial charge in [-0.15, -0.1) is 0 Å². The Bertz CT molecular complexity index is 832. The first-order valence-electron chi connectivity index (χ1n) is 9.07. The van der Waals surface area contributed by atoms with Crippen LogP contribution in [0.25, 0.3) is 11.4 Å². The molecule has 0 aliphatic heterocycles. The molecule has 1 heterocycles. The Labute approximate surface area is 167 Å². The van der Waals surface area contributed by atoms with Crippen molar-refractivity contribution in [2.24, 2.45) is 5.92 Å². The number of nitrogens with zero attached hydrogens (tertiary/aromatic N) is 3. The van der Waals surface area contributed by atoms with Crippen molar-refractivity contribution in [3.8, 4) is 17.5 Å². The van der Waals surface area contributed by atoms with Gasteiger partial charge in [0.15, 0.2) is 5.82 Å². The number of aromatic nitrogens is 2. The van der Waals surface area contributed by atoms with Crippen molar-refractivity contribution in [2.45, 2.75) is 38.5 Å². The molecule has 1 aromatic heterocycles. The molecule has 0 aliphatic carbocycles. The van der Waals surface area contributed by atoms with Gasteiger partial charge >= 0.3 is 6.18 Å². The van der Waals surface area contributed by atoms with Gasteiger partial charge < -0.3 is 5.32 Å². The van der Waals surface area contributed by atoms with Gasteiger partial charge in [0, 0.05) is 18.0 Å². The van der Waals surface area contributed by atoms with Gasteiger partial charge in [-0.2, -0.15) is 18.4 Å². The highest BCUT2D eigenvalue weighted by molar-refractivity contribution is 5.82. The molecule has 9 heteroatoms. The van der Waals surface area contributed by atoms with Crippen LogP contribution in [0, 0.1) is 17.2 Å². The van der Waals surface area contributed by atoms with E-state index in [0.29, 0.717) is 11.4 Å². The first kappa shape index (κ1) is 22.3. The van der Waals surface area contributed by atoms with Gasteiger partial charge in [0.2, 0.25) is 5.91 Å². The summed E-state index contributed by atoms with van der Waals surface area (Å²) in [4.78, 5) is 20.4. The fraction of sp³-hybridized carbons (Fsp3) is 0.400. The number of carbonyl (C=O) groups is 1. The van der Waals surface area contributed by atoms with Crippen LogP contribution in [0.5, 0.6) is 0 Å². The van der Waals surface area contributed by atoms with Gasteiger partial charge in [-0.3, -0.25) is 10.1 Å². The number of nitriles is 1. The van der Waals surface area contributed by atoms with Gasteiger partial charge in [0.05, 0.1) is 12.1 Å². The van der Waals surface area contributed by atoms with E-state index < -0.39 is 24.2 Å². The molecule has 2 aromatic rings. The first-order chi connectivity index (χ1) is 13.7. The standard InChI is InChI=1S/C20H22F3N5O/c1-13(2)12-16(19(29)27-11-8-24)28-17(20(21,22)23)14-4-6-15(7-5-14)18-25-9-3-10-26-18/h3-7,9-10,13,16-17,28H,11-12H2,1-2H3,(H,27,29)/t16-,17-/m0/s1. The number of hydrogen-bond acceptors (Lipinski definition) is 5. The maximum Gasteiger partial charge on any atom is 0.407 e. The predicted molar refractivity (Wildman–Crippen MR) is 101 cm³/mol. The molecule has 2 atom stereocenters.